The Bertz CT molecular complexity index is 206. The molecule has 0 aromatic carbocycles. The van der Waals surface area contributed by atoms with Gasteiger partial charge in [0.05, 0.1) is 18.7 Å². The molecule has 0 aliphatic carbocycles. The van der Waals surface area contributed by atoms with Crippen molar-refractivity contribution in [2.75, 3.05) is 19.9 Å². The number of hydrogen-bond donors (Lipinski definition) is 0. The summed E-state index contributed by atoms with van der Waals surface area (Å²) in [6, 6.07) is 0. The van der Waals surface area contributed by atoms with Crippen LogP contribution in [-0.4, -0.2) is 19.9 Å². The van der Waals surface area contributed by atoms with E-state index in [0.717, 1.165) is 0 Å². The Morgan fingerprint density at radius 1 is 1.90 bits per heavy atom. The van der Waals surface area contributed by atoms with E-state index in [2.05, 4.69) is 10.4 Å². The highest BCUT2D eigenvalue weighted by Crippen LogP contribution is 2.53. The molecule has 56 valence electrons. The van der Waals surface area contributed by atoms with Crippen LogP contribution in [0.25, 0.3) is 0 Å². The Morgan fingerprint density at radius 2 is 2.60 bits per heavy atom. The van der Waals surface area contributed by atoms with Crippen molar-refractivity contribution in [2.45, 2.75) is 0 Å². The molecule has 1 saturated heterocycles. The van der Waals surface area contributed by atoms with Gasteiger partial charge in [-0.1, -0.05) is 0 Å². The Labute approximate surface area is 60.2 Å². The molecule has 10 heavy (non-hydrogen) atoms. The standard InChI is InChI=1S/C6H9O3P/c1-3-6-4-9-10(7,5-6)8-2/h1,6H,4-5H2,2H3. The van der Waals surface area contributed by atoms with E-state index in [1.807, 2.05) is 0 Å². The molecule has 1 aliphatic rings. The van der Waals surface area contributed by atoms with Gasteiger partial charge in [-0.25, -0.2) is 0 Å². The van der Waals surface area contributed by atoms with Gasteiger partial charge >= 0.3 is 7.60 Å². The van der Waals surface area contributed by atoms with Crippen molar-refractivity contribution < 1.29 is 13.6 Å². The highest BCUT2D eigenvalue weighted by atomic mass is 31.2. The van der Waals surface area contributed by atoms with Crippen molar-refractivity contribution in [3.05, 3.63) is 0 Å². The van der Waals surface area contributed by atoms with Crippen molar-refractivity contribution >= 4 is 7.60 Å². The summed E-state index contributed by atoms with van der Waals surface area (Å²) in [5, 5.41) is 0. The lowest BCUT2D eigenvalue weighted by Gasteiger charge is -2.04. The van der Waals surface area contributed by atoms with Crippen molar-refractivity contribution in [1.82, 2.24) is 0 Å². The van der Waals surface area contributed by atoms with Crippen LogP contribution in [0, 0.1) is 18.3 Å². The third kappa shape index (κ3) is 1.41. The van der Waals surface area contributed by atoms with Crippen molar-refractivity contribution in [1.29, 1.82) is 0 Å². The number of hydrogen-bond acceptors (Lipinski definition) is 3. The summed E-state index contributed by atoms with van der Waals surface area (Å²) >= 11 is 0. The van der Waals surface area contributed by atoms with E-state index >= 15 is 0 Å². The van der Waals surface area contributed by atoms with Crippen LogP contribution in [0.2, 0.25) is 0 Å². The van der Waals surface area contributed by atoms with E-state index in [9.17, 15) is 4.57 Å². The van der Waals surface area contributed by atoms with Gasteiger partial charge in [0.15, 0.2) is 0 Å². The molecule has 0 amide bonds. The third-order valence-corrected chi connectivity index (χ3v) is 3.42. The highest BCUT2D eigenvalue weighted by Gasteiger charge is 2.34. The van der Waals surface area contributed by atoms with Gasteiger partial charge in [-0.15, -0.1) is 12.3 Å². The van der Waals surface area contributed by atoms with Crippen molar-refractivity contribution in [3.8, 4) is 12.3 Å². The quantitative estimate of drug-likeness (QED) is 0.425. The van der Waals surface area contributed by atoms with Crippen molar-refractivity contribution in [2.24, 2.45) is 5.92 Å². The van der Waals surface area contributed by atoms with E-state index < -0.39 is 7.60 Å². The van der Waals surface area contributed by atoms with Gasteiger partial charge in [0, 0.05) is 7.11 Å². The first-order valence-electron chi connectivity index (χ1n) is 2.95. The molecule has 1 rings (SSSR count). The van der Waals surface area contributed by atoms with E-state index in [1.54, 1.807) is 0 Å². The molecular weight excluding hydrogens is 151 g/mol. The van der Waals surface area contributed by atoms with Crippen LogP contribution in [0.15, 0.2) is 0 Å². The van der Waals surface area contributed by atoms with Crippen LogP contribution >= 0.6 is 7.60 Å². The maximum Gasteiger partial charge on any atom is 0.331 e. The Morgan fingerprint density at radius 3 is 2.90 bits per heavy atom. The molecule has 2 unspecified atom stereocenters. The van der Waals surface area contributed by atoms with E-state index in [4.69, 9.17) is 10.9 Å². The predicted molar refractivity (Wildman–Crippen MR) is 37.8 cm³/mol. The van der Waals surface area contributed by atoms with Gasteiger partial charge in [-0.05, 0) is 0 Å². The maximum atomic E-state index is 11.2. The minimum absolute atomic E-state index is 0.0363. The second-order valence-electron chi connectivity index (χ2n) is 2.14. The molecule has 0 N–H and O–H groups in total. The zero-order valence-corrected chi connectivity index (χ0v) is 6.64. The van der Waals surface area contributed by atoms with Crippen LogP contribution in [0.5, 0.6) is 0 Å². The fourth-order valence-corrected chi connectivity index (χ4v) is 2.32. The van der Waals surface area contributed by atoms with E-state index in [0.29, 0.717) is 12.8 Å². The number of terminal acetylenes is 1. The fraction of sp³-hybridized carbons (Fsp3) is 0.667. The zero-order valence-electron chi connectivity index (χ0n) is 5.74. The number of rotatable bonds is 1. The first kappa shape index (κ1) is 7.81. The first-order valence-corrected chi connectivity index (χ1v) is 4.68. The van der Waals surface area contributed by atoms with Crippen LogP contribution < -0.4 is 0 Å². The summed E-state index contributed by atoms with van der Waals surface area (Å²) in [7, 11) is -1.39. The Balaban J connectivity index is 2.60. The SMILES string of the molecule is C#CC1COP(=O)(OC)C1. The second-order valence-corrected chi connectivity index (χ2v) is 4.35. The normalized spacial score (nSPS) is 39.4. The minimum atomic E-state index is -2.77. The smallest absolute Gasteiger partial charge is 0.312 e. The molecule has 4 heteroatoms. The lowest BCUT2D eigenvalue weighted by molar-refractivity contribution is 0.259. The topological polar surface area (TPSA) is 35.5 Å². The monoisotopic (exact) mass is 160 g/mol. The summed E-state index contributed by atoms with van der Waals surface area (Å²) in [4.78, 5) is 0. The summed E-state index contributed by atoms with van der Waals surface area (Å²) in [6.07, 6.45) is 5.46. The average molecular weight is 160 g/mol. The zero-order chi connectivity index (χ0) is 7.61. The molecule has 0 radical (unpaired) electrons. The van der Waals surface area contributed by atoms with Gasteiger partial charge in [0.25, 0.3) is 0 Å². The van der Waals surface area contributed by atoms with Crippen LogP contribution in [0.3, 0.4) is 0 Å². The summed E-state index contributed by atoms with van der Waals surface area (Å²) in [5.41, 5.74) is 0. The molecule has 1 heterocycles. The fourth-order valence-electron chi connectivity index (χ4n) is 0.807. The Hall–Kier alpha value is -0.290. The Kier molecular flexibility index (Phi) is 2.15. The molecule has 2 atom stereocenters. The maximum absolute atomic E-state index is 11.2. The van der Waals surface area contributed by atoms with Crippen LogP contribution in [-0.2, 0) is 13.6 Å². The van der Waals surface area contributed by atoms with Gasteiger partial charge in [0.1, 0.15) is 0 Å². The van der Waals surface area contributed by atoms with Crippen molar-refractivity contribution in [3.63, 3.8) is 0 Å². The first-order chi connectivity index (χ1) is 4.70. The van der Waals surface area contributed by atoms with E-state index in [-0.39, 0.29) is 5.92 Å². The lowest BCUT2D eigenvalue weighted by atomic mass is 10.2. The summed E-state index contributed by atoms with van der Waals surface area (Å²) in [5.74, 6) is 2.44. The highest BCUT2D eigenvalue weighted by molar-refractivity contribution is 7.54. The molecule has 0 bridgehead atoms. The average Bonchev–Trinajstić information content (AvgIpc) is 2.33. The third-order valence-electron chi connectivity index (χ3n) is 1.43. The summed E-state index contributed by atoms with van der Waals surface area (Å²) < 4.78 is 20.8. The second kappa shape index (κ2) is 2.75. The molecule has 1 fully saturated rings. The van der Waals surface area contributed by atoms with Gasteiger partial charge in [-0.2, -0.15) is 0 Å². The molecule has 0 spiro atoms. The van der Waals surface area contributed by atoms with Gasteiger partial charge in [0.2, 0.25) is 0 Å². The lowest BCUT2D eigenvalue weighted by Crippen LogP contribution is -1.97. The molecule has 1 aliphatic heterocycles. The van der Waals surface area contributed by atoms with Crippen LogP contribution in [0.1, 0.15) is 0 Å². The molecule has 3 nitrogen and oxygen atoms in total. The largest absolute Gasteiger partial charge is 0.331 e. The molecular formula is C6H9O3P. The minimum Gasteiger partial charge on any atom is -0.312 e. The predicted octanol–water partition coefficient (Wildman–Crippen LogP) is 1.11. The molecule has 0 aromatic heterocycles. The van der Waals surface area contributed by atoms with Gasteiger partial charge in [-0.3, -0.25) is 4.57 Å². The van der Waals surface area contributed by atoms with E-state index in [1.165, 1.54) is 7.11 Å². The van der Waals surface area contributed by atoms with Gasteiger partial charge < -0.3 is 9.05 Å². The summed E-state index contributed by atoms with van der Waals surface area (Å²) in [6.45, 7) is 0.363. The molecule has 0 saturated carbocycles. The van der Waals surface area contributed by atoms with Crippen LogP contribution in [0.4, 0.5) is 0 Å². The molecule has 0 aromatic rings.